The summed E-state index contributed by atoms with van der Waals surface area (Å²) in [6.07, 6.45) is 8.69. The predicted octanol–water partition coefficient (Wildman–Crippen LogP) is 1.89. The fourth-order valence-electron chi connectivity index (χ4n) is 2.36. The zero-order valence-electron chi connectivity index (χ0n) is 10.1. The van der Waals surface area contributed by atoms with E-state index in [2.05, 4.69) is 10.1 Å². The number of aromatic nitrogens is 2. The van der Waals surface area contributed by atoms with Crippen LogP contribution in [-0.4, -0.2) is 21.9 Å². The number of nitrogens with zero attached hydrogens (tertiary/aromatic N) is 2. The molecule has 1 heterocycles. The molecule has 96 valence electrons. The van der Waals surface area contributed by atoms with Crippen LogP contribution in [0.15, 0.2) is 4.52 Å². The van der Waals surface area contributed by atoms with E-state index in [4.69, 9.17) is 15.4 Å². The molecule has 1 fully saturated rings. The largest absolute Gasteiger partial charge is 0.394 e. The highest BCUT2D eigenvalue weighted by atomic mass is 16.5. The van der Waals surface area contributed by atoms with Gasteiger partial charge in [-0.1, -0.05) is 37.3 Å². The second kappa shape index (κ2) is 6.12. The van der Waals surface area contributed by atoms with Crippen LogP contribution in [0.25, 0.3) is 0 Å². The maximum absolute atomic E-state index is 8.94. The lowest BCUT2D eigenvalue weighted by molar-refractivity contribution is 0.236. The van der Waals surface area contributed by atoms with E-state index in [0.29, 0.717) is 11.8 Å². The van der Waals surface area contributed by atoms with Gasteiger partial charge in [-0.25, -0.2) is 0 Å². The second-order valence-electron chi connectivity index (χ2n) is 4.82. The number of rotatable bonds is 3. The minimum absolute atomic E-state index is 0.160. The molecule has 0 aliphatic heterocycles. The van der Waals surface area contributed by atoms with Crippen LogP contribution in [0.1, 0.15) is 68.6 Å². The van der Waals surface area contributed by atoms with Crippen molar-refractivity contribution in [3.05, 3.63) is 11.7 Å². The van der Waals surface area contributed by atoms with Gasteiger partial charge < -0.3 is 15.4 Å². The van der Waals surface area contributed by atoms with Crippen LogP contribution >= 0.6 is 0 Å². The van der Waals surface area contributed by atoms with E-state index in [-0.39, 0.29) is 6.61 Å². The van der Waals surface area contributed by atoms with Crippen molar-refractivity contribution in [1.29, 1.82) is 0 Å². The molecule has 0 aromatic carbocycles. The Bertz CT molecular complexity index is 332. The number of aliphatic hydroxyl groups is 1. The molecule has 1 saturated carbocycles. The van der Waals surface area contributed by atoms with E-state index in [0.717, 1.165) is 18.7 Å². The highest BCUT2D eigenvalue weighted by molar-refractivity contribution is 4.98. The summed E-state index contributed by atoms with van der Waals surface area (Å²) in [5.41, 5.74) is 5.65. The molecule has 1 atom stereocenters. The summed E-state index contributed by atoms with van der Waals surface area (Å²) < 4.78 is 5.10. The number of hydrogen-bond acceptors (Lipinski definition) is 5. The number of nitrogens with two attached hydrogens (primary N) is 1. The highest BCUT2D eigenvalue weighted by Crippen LogP contribution is 2.29. The molecule has 5 heteroatoms. The van der Waals surface area contributed by atoms with Crippen molar-refractivity contribution in [3.8, 4) is 0 Å². The Balaban J connectivity index is 2.01. The molecule has 5 nitrogen and oxygen atoms in total. The summed E-state index contributed by atoms with van der Waals surface area (Å²) in [4.78, 5) is 4.31. The maximum atomic E-state index is 8.94. The van der Waals surface area contributed by atoms with E-state index < -0.39 is 6.04 Å². The quantitative estimate of drug-likeness (QED) is 0.841. The van der Waals surface area contributed by atoms with E-state index in [1.54, 1.807) is 0 Å². The van der Waals surface area contributed by atoms with Gasteiger partial charge in [0.2, 0.25) is 5.89 Å². The monoisotopic (exact) mass is 239 g/mol. The van der Waals surface area contributed by atoms with Gasteiger partial charge in [-0.2, -0.15) is 4.98 Å². The van der Waals surface area contributed by atoms with E-state index >= 15 is 0 Å². The van der Waals surface area contributed by atoms with Crippen LogP contribution in [0.5, 0.6) is 0 Å². The average molecular weight is 239 g/mol. The molecule has 1 aliphatic carbocycles. The van der Waals surface area contributed by atoms with E-state index in [1.807, 2.05) is 0 Å². The van der Waals surface area contributed by atoms with Gasteiger partial charge in [0.1, 0.15) is 6.04 Å². The fourth-order valence-corrected chi connectivity index (χ4v) is 2.36. The van der Waals surface area contributed by atoms with Crippen molar-refractivity contribution in [2.24, 2.45) is 5.73 Å². The van der Waals surface area contributed by atoms with Crippen LogP contribution in [0.2, 0.25) is 0 Å². The maximum Gasteiger partial charge on any atom is 0.245 e. The normalized spacial score (nSPS) is 20.8. The van der Waals surface area contributed by atoms with Gasteiger partial charge in [0.25, 0.3) is 0 Å². The molecule has 2 rings (SSSR count). The Morgan fingerprint density at radius 3 is 2.53 bits per heavy atom. The molecular formula is C12H21N3O2. The molecule has 0 unspecified atom stereocenters. The minimum atomic E-state index is -0.551. The minimum Gasteiger partial charge on any atom is -0.394 e. The van der Waals surface area contributed by atoms with Gasteiger partial charge in [0, 0.05) is 5.92 Å². The molecule has 1 aromatic rings. The molecule has 0 amide bonds. The third kappa shape index (κ3) is 3.26. The number of hydrogen-bond donors (Lipinski definition) is 2. The van der Waals surface area contributed by atoms with Gasteiger partial charge in [0.05, 0.1) is 6.61 Å². The summed E-state index contributed by atoms with van der Waals surface area (Å²) in [5, 5.41) is 12.9. The van der Waals surface area contributed by atoms with E-state index in [1.165, 1.54) is 32.1 Å². The Kier molecular flexibility index (Phi) is 4.50. The predicted molar refractivity (Wildman–Crippen MR) is 63.4 cm³/mol. The van der Waals surface area contributed by atoms with Crippen LogP contribution in [-0.2, 0) is 0 Å². The molecule has 0 radical (unpaired) electrons. The summed E-state index contributed by atoms with van der Waals surface area (Å²) >= 11 is 0. The van der Waals surface area contributed by atoms with Crippen molar-refractivity contribution in [1.82, 2.24) is 10.1 Å². The van der Waals surface area contributed by atoms with Crippen molar-refractivity contribution < 1.29 is 9.63 Å². The summed E-state index contributed by atoms with van der Waals surface area (Å²) in [7, 11) is 0. The lowest BCUT2D eigenvalue weighted by Gasteiger charge is -2.15. The Morgan fingerprint density at radius 2 is 1.88 bits per heavy atom. The van der Waals surface area contributed by atoms with Crippen LogP contribution in [0.3, 0.4) is 0 Å². The first-order valence-corrected chi connectivity index (χ1v) is 6.51. The third-order valence-corrected chi connectivity index (χ3v) is 3.44. The molecule has 0 saturated heterocycles. The Hall–Kier alpha value is -0.940. The lowest BCUT2D eigenvalue weighted by Crippen LogP contribution is -2.15. The van der Waals surface area contributed by atoms with Crippen LogP contribution < -0.4 is 5.73 Å². The second-order valence-corrected chi connectivity index (χ2v) is 4.82. The van der Waals surface area contributed by atoms with Gasteiger partial charge >= 0.3 is 0 Å². The van der Waals surface area contributed by atoms with Gasteiger partial charge in [0.15, 0.2) is 5.82 Å². The zero-order valence-corrected chi connectivity index (χ0v) is 10.1. The first-order chi connectivity index (χ1) is 8.31. The summed E-state index contributed by atoms with van der Waals surface area (Å²) in [6, 6.07) is -0.551. The fraction of sp³-hybridized carbons (Fsp3) is 0.833. The van der Waals surface area contributed by atoms with E-state index in [9.17, 15) is 0 Å². The highest BCUT2D eigenvalue weighted by Gasteiger charge is 2.21. The molecule has 1 aromatic heterocycles. The van der Waals surface area contributed by atoms with Gasteiger partial charge in [-0.3, -0.25) is 0 Å². The molecular weight excluding hydrogens is 218 g/mol. The third-order valence-electron chi connectivity index (χ3n) is 3.44. The SMILES string of the molecule is N[C@H](CO)c1nc(C2CCCCCCC2)no1. The molecule has 0 spiro atoms. The molecule has 17 heavy (non-hydrogen) atoms. The first-order valence-electron chi connectivity index (χ1n) is 6.51. The Labute approximate surface area is 101 Å². The average Bonchev–Trinajstić information content (AvgIpc) is 2.77. The smallest absolute Gasteiger partial charge is 0.245 e. The van der Waals surface area contributed by atoms with Crippen LogP contribution in [0.4, 0.5) is 0 Å². The summed E-state index contributed by atoms with van der Waals surface area (Å²) in [6.45, 7) is -0.160. The topological polar surface area (TPSA) is 85.2 Å². The molecule has 0 bridgehead atoms. The number of aliphatic hydroxyl groups excluding tert-OH is 1. The Morgan fingerprint density at radius 1 is 1.24 bits per heavy atom. The van der Waals surface area contributed by atoms with Crippen LogP contribution in [0, 0.1) is 0 Å². The first kappa shape index (κ1) is 12.5. The van der Waals surface area contributed by atoms with Gasteiger partial charge in [-0.05, 0) is 12.8 Å². The lowest BCUT2D eigenvalue weighted by atomic mass is 9.91. The molecule has 1 aliphatic rings. The van der Waals surface area contributed by atoms with Crippen molar-refractivity contribution in [3.63, 3.8) is 0 Å². The molecule has 3 N–H and O–H groups in total. The van der Waals surface area contributed by atoms with Crippen molar-refractivity contribution in [2.45, 2.75) is 56.9 Å². The zero-order chi connectivity index (χ0) is 12.1. The standard InChI is InChI=1S/C12H21N3O2/c13-10(8-16)12-14-11(15-17-12)9-6-4-2-1-3-5-7-9/h9-10,16H,1-8,13H2/t10-/m1/s1. The van der Waals surface area contributed by atoms with Gasteiger partial charge in [-0.15, -0.1) is 0 Å². The summed E-state index contributed by atoms with van der Waals surface area (Å²) in [5.74, 6) is 1.52. The van der Waals surface area contributed by atoms with Crippen molar-refractivity contribution >= 4 is 0 Å². The van der Waals surface area contributed by atoms with Crippen molar-refractivity contribution in [2.75, 3.05) is 6.61 Å².